The van der Waals surface area contributed by atoms with Crippen LogP contribution < -0.4 is 15.5 Å². The van der Waals surface area contributed by atoms with Gasteiger partial charge in [-0.3, -0.25) is 14.4 Å². The summed E-state index contributed by atoms with van der Waals surface area (Å²) in [5, 5.41) is 7.37. The molecule has 1 heterocycles. The molecule has 1 aromatic heterocycles. The largest absolute Gasteiger partial charge is 0.351 e. The van der Waals surface area contributed by atoms with Crippen molar-refractivity contribution < 1.29 is 14.4 Å². The van der Waals surface area contributed by atoms with Crippen molar-refractivity contribution >= 4 is 40.4 Å². The fourth-order valence-corrected chi connectivity index (χ4v) is 3.73. The first-order valence-electron chi connectivity index (χ1n) is 10.1. The van der Waals surface area contributed by atoms with Crippen molar-refractivity contribution in [3.8, 4) is 0 Å². The number of rotatable bonds is 9. The van der Waals surface area contributed by atoms with Crippen molar-refractivity contribution in [1.82, 2.24) is 5.32 Å². The lowest BCUT2D eigenvalue weighted by atomic mass is 10.1. The standard InChI is InChI=1S/C24H25N3O3S/c1-2-27(20-7-4-3-5-8-20)23(29)17-18-10-12-19(13-11-18)26-22(28)14-15-25-24(30)21-9-6-16-31-21/h3-13,16H,2,14-15,17H2,1H3,(H,25,30)(H,26,28). The highest BCUT2D eigenvalue weighted by molar-refractivity contribution is 7.12. The molecule has 160 valence electrons. The summed E-state index contributed by atoms with van der Waals surface area (Å²) in [5.74, 6) is -0.336. The van der Waals surface area contributed by atoms with Crippen LogP contribution in [-0.2, 0) is 16.0 Å². The predicted octanol–water partition coefficient (Wildman–Crippen LogP) is 4.10. The first kappa shape index (κ1) is 22.2. The lowest BCUT2D eigenvalue weighted by Gasteiger charge is -2.21. The molecule has 0 aliphatic heterocycles. The Balaban J connectivity index is 1.46. The van der Waals surface area contributed by atoms with Gasteiger partial charge in [-0.05, 0) is 48.2 Å². The summed E-state index contributed by atoms with van der Waals surface area (Å²) in [5.41, 5.74) is 2.41. The Morgan fingerprint density at radius 1 is 0.935 bits per heavy atom. The zero-order valence-electron chi connectivity index (χ0n) is 17.3. The van der Waals surface area contributed by atoms with Gasteiger partial charge in [-0.15, -0.1) is 11.3 Å². The maximum Gasteiger partial charge on any atom is 0.261 e. The number of nitrogens with one attached hydrogen (secondary N) is 2. The summed E-state index contributed by atoms with van der Waals surface area (Å²) in [6.45, 7) is 2.81. The molecule has 3 rings (SSSR count). The monoisotopic (exact) mass is 435 g/mol. The fraction of sp³-hybridized carbons (Fsp3) is 0.208. The first-order chi connectivity index (χ1) is 15.1. The quantitative estimate of drug-likeness (QED) is 0.531. The summed E-state index contributed by atoms with van der Waals surface area (Å²) < 4.78 is 0. The van der Waals surface area contributed by atoms with Crippen molar-refractivity contribution in [2.24, 2.45) is 0 Å². The van der Waals surface area contributed by atoms with Crippen molar-refractivity contribution in [1.29, 1.82) is 0 Å². The molecule has 0 aliphatic rings. The molecule has 0 radical (unpaired) electrons. The Hall–Kier alpha value is -3.45. The molecule has 0 saturated carbocycles. The van der Waals surface area contributed by atoms with Crippen LogP contribution in [0.1, 0.15) is 28.6 Å². The fourth-order valence-electron chi connectivity index (χ4n) is 3.09. The molecule has 0 bridgehead atoms. The minimum Gasteiger partial charge on any atom is -0.351 e. The third kappa shape index (κ3) is 6.52. The van der Waals surface area contributed by atoms with E-state index in [1.165, 1.54) is 11.3 Å². The molecule has 0 fully saturated rings. The van der Waals surface area contributed by atoms with E-state index in [0.717, 1.165) is 11.3 Å². The molecule has 31 heavy (non-hydrogen) atoms. The van der Waals surface area contributed by atoms with E-state index >= 15 is 0 Å². The third-order valence-corrected chi connectivity index (χ3v) is 5.53. The van der Waals surface area contributed by atoms with Crippen LogP contribution in [0.4, 0.5) is 11.4 Å². The Kier molecular flexibility index (Phi) is 7.95. The highest BCUT2D eigenvalue weighted by Crippen LogP contribution is 2.16. The molecule has 0 spiro atoms. The van der Waals surface area contributed by atoms with Gasteiger partial charge in [-0.25, -0.2) is 0 Å². The molecule has 0 atom stereocenters. The van der Waals surface area contributed by atoms with Gasteiger partial charge in [0.1, 0.15) is 0 Å². The van der Waals surface area contributed by atoms with E-state index in [1.54, 1.807) is 23.1 Å². The number of thiophene rings is 1. The number of likely N-dealkylation sites (N-methyl/N-ethyl adjacent to an activating group) is 1. The van der Waals surface area contributed by atoms with Crippen LogP contribution in [0.3, 0.4) is 0 Å². The van der Waals surface area contributed by atoms with Crippen molar-refractivity contribution in [3.05, 3.63) is 82.6 Å². The van der Waals surface area contributed by atoms with Gasteiger partial charge < -0.3 is 15.5 Å². The lowest BCUT2D eigenvalue weighted by Crippen LogP contribution is -2.31. The van der Waals surface area contributed by atoms with E-state index in [0.29, 0.717) is 17.1 Å². The van der Waals surface area contributed by atoms with Gasteiger partial charge in [-0.2, -0.15) is 0 Å². The average molecular weight is 436 g/mol. The molecule has 0 aliphatic carbocycles. The average Bonchev–Trinajstić information content (AvgIpc) is 3.31. The van der Waals surface area contributed by atoms with Crippen molar-refractivity contribution in [2.75, 3.05) is 23.3 Å². The minimum absolute atomic E-state index is 0.0203. The summed E-state index contributed by atoms with van der Waals surface area (Å²) >= 11 is 1.36. The molecule has 6 nitrogen and oxygen atoms in total. The Labute approximate surface area is 185 Å². The van der Waals surface area contributed by atoms with E-state index in [4.69, 9.17) is 0 Å². The number of carbonyl (C=O) groups is 3. The van der Waals surface area contributed by atoms with Crippen molar-refractivity contribution in [2.45, 2.75) is 19.8 Å². The number of benzene rings is 2. The van der Waals surface area contributed by atoms with Gasteiger partial charge in [0.2, 0.25) is 11.8 Å². The van der Waals surface area contributed by atoms with Gasteiger partial charge >= 0.3 is 0 Å². The summed E-state index contributed by atoms with van der Waals surface area (Å²) in [6.07, 6.45) is 0.464. The normalized spacial score (nSPS) is 10.4. The smallest absolute Gasteiger partial charge is 0.261 e. The topological polar surface area (TPSA) is 78.5 Å². The number of para-hydroxylation sites is 1. The number of nitrogens with zero attached hydrogens (tertiary/aromatic N) is 1. The van der Waals surface area contributed by atoms with E-state index in [2.05, 4.69) is 10.6 Å². The summed E-state index contributed by atoms with van der Waals surface area (Å²) in [6, 6.07) is 20.4. The lowest BCUT2D eigenvalue weighted by molar-refractivity contribution is -0.118. The van der Waals surface area contributed by atoms with E-state index in [9.17, 15) is 14.4 Å². The molecule has 0 unspecified atom stereocenters. The molecule has 3 aromatic rings. The molecular formula is C24H25N3O3S. The summed E-state index contributed by atoms with van der Waals surface area (Å²) in [7, 11) is 0. The molecule has 7 heteroatoms. The van der Waals surface area contributed by atoms with Crippen LogP contribution in [0.15, 0.2) is 72.1 Å². The van der Waals surface area contributed by atoms with Crippen LogP contribution in [-0.4, -0.2) is 30.8 Å². The third-order valence-electron chi connectivity index (χ3n) is 4.66. The highest BCUT2D eigenvalue weighted by Gasteiger charge is 2.14. The first-order valence-corrected chi connectivity index (χ1v) is 11.0. The van der Waals surface area contributed by atoms with Crippen LogP contribution in [0, 0.1) is 0 Å². The Morgan fingerprint density at radius 3 is 2.32 bits per heavy atom. The molecule has 3 amide bonds. The molecule has 0 saturated heterocycles. The highest BCUT2D eigenvalue weighted by atomic mass is 32.1. The number of hydrogen-bond acceptors (Lipinski definition) is 4. The minimum atomic E-state index is -0.184. The zero-order valence-corrected chi connectivity index (χ0v) is 18.2. The van der Waals surface area contributed by atoms with E-state index < -0.39 is 0 Å². The Bertz CT molecular complexity index is 1000. The number of anilines is 2. The van der Waals surface area contributed by atoms with E-state index in [1.807, 2.05) is 60.8 Å². The van der Waals surface area contributed by atoms with Gasteiger partial charge in [0.25, 0.3) is 5.91 Å². The van der Waals surface area contributed by atoms with Crippen LogP contribution in [0.2, 0.25) is 0 Å². The Morgan fingerprint density at radius 2 is 1.68 bits per heavy atom. The maximum atomic E-state index is 12.7. The van der Waals surface area contributed by atoms with Crippen molar-refractivity contribution in [3.63, 3.8) is 0 Å². The second-order valence-corrected chi connectivity index (χ2v) is 7.83. The second kappa shape index (κ2) is 11.1. The molecular weight excluding hydrogens is 410 g/mol. The van der Waals surface area contributed by atoms with Crippen LogP contribution >= 0.6 is 11.3 Å². The van der Waals surface area contributed by atoms with Gasteiger partial charge in [0.05, 0.1) is 11.3 Å². The number of hydrogen-bond donors (Lipinski definition) is 2. The summed E-state index contributed by atoms with van der Waals surface area (Å²) in [4.78, 5) is 39.0. The molecule has 2 N–H and O–H groups in total. The van der Waals surface area contributed by atoms with Gasteiger partial charge in [0.15, 0.2) is 0 Å². The number of amides is 3. The van der Waals surface area contributed by atoms with E-state index in [-0.39, 0.29) is 37.1 Å². The molecule has 2 aromatic carbocycles. The zero-order chi connectivity index (χ0) is 22.1. The second-order valence-electron chi connectivity index (χ2n) is 6.88. The van der Waals surface area contributed by atoms with Gasteiger partial charge in [0, 0.05) is 30.9 Å². The predicted molar refractivity (Wildman–Crippen MR) is 125 cm³/mol. The van der Waals surface area contributed by atoms with Gasteiger partial charge in [-0.1, -0.05) is 36.4 Å². The SMILES string of the molecule is CCN(C(=O)Cc1ccc(NC(=O)CCNC(=O)c2cccs2)cc1)c1ccccc1. The number of carbonyl (C=O) groups excluding carboxylic acids is 3. The van der Waals surface area contributed by atoms with Crippen LogP contribution in [0.25, 0.3) is 0 Å². The van der Waals surface area contributed by atoms with Crippen LogP contribution in [0.5, 0.6) is 0 Å². The maximum absolute atomic E-state index is 12.7.